The highest BCUT2D eigenvalue weighted by atomic mass is 32.2. The molecule has 1 aliphatic rings. The zero-order valence-electron chi connectivity index (χ0n) is 14.6. The summed E-state index contributed by atoms with van der Waals surface area (Å²) in [6, 6.07) is 6.73. The molecule has 0 atom stereocenters. The second kappa shape index (κ2) is 8.40. The summed E-state index contributed by atoms with van der Waals surface area (Å²) in [6.45, 7) is 2.90. The van der Waals surface area contributed by atoms with Crippen LogP contribution in [0.4, 0.5) is 0 Å². The quantitative estimate of drug-likeness (QED) is 0.564. The molecule has 0 unspecified atom stereocenters. The van der Waals surface area contributed by atoms with E-state index in [4.69, 9.17) is 21.7 Å². The van der Waals surface area contributed by atoms with E-state index in [2.05, 4.69) is 10.2 Å². The van der Waals surface area contributed by atoms with Gasteiger partial charge in [0.05, 0.1) is 18.1 Å². The van der Waals surface area contributed by atoms with Crippen molar-refractivity contribution in [3.8, 4) is 11.4 Å². The Morgan fingerprint density at radius 3 is 2.62 bits per heavy atom. The van der Waals surface area contributed by atoms with Crippen LogP contribution < -0.4 is 0 Å². The molecular formula is C16H22N4O4S2. The topological polar surface area (TPSA) is 89.4 Å². The lowest BCUT2D eigenvalue weighted by molar-refractivity contribution is 0.0730. The molecule has 0 radical (unpaired) electrons. The van der Waals surface area contributed by atoms with Gasteiger partial charge in [0.1, 0.15) is 0 Å². The molecule has 0 bridgehead atoms. The van der Waals surface area contributed by atoms with E-state index >= 15 is 0 Å². The number of nitrogens with one attached hydrogen (secondary N) is 1. The number of nitrogens with zero attached hydrogens (tertiary/aromatic N) is 3. The number of aromatic amines is 1. The van der Waals surface area contributed by atoms with Gasteiger partial charge in [0.15, 0.2) is 10.6 Å². The molecule has 8 nitrogen and oxygen atoms in total. The number of morpholine rings is 1. The van der Waals surface area contributed by atoms with Crippen LogP contribution in [0.5, 0.6) is 0 Å². The average molecular weight is 399 g/mol. The maximum Gasteiger partial charge on any atom is 0.243 e. The fraction of sp³-hybridized carbons (Fsp3) is 0.500. The van der Waals surface area contributed by atoms with Gasteiger partial charge in [0.25, 0.3) is 0 Å². The number of ether oxygens (including phenoxy) is 2. The zero-order valence-corrected chi connectivity index (χ0v) is 16.2. The van der Waals surface area contributed by atoms with Crippen molar-refractivity contribution in [3.63, 3.8) is 0 Å². The first kappa shape index (κ1) is 19.2. The monoisotopic (exact) mass is 398 g/mol. The lowest BCUT2D eigenvalue weighted by Gasteiger charge is -2.26. The van der Waals surface area contributed by atoms with Crippen molar-refractivity contribution < 1.29 is 17.9 Å². The molecule has 1 N–H and O–H groups in total. The molecule has 3 rings (SSSR count). The third-order valence-corrected chi connectivity index (χ3v) is 6.43. The number of hydrogen-bond donors (Lipinski definition) is 1. The van der Waals surface area contributed by atoms with Gasteiger partial charge in [-0.25, -0.2) is 8.42 Å². The number of rotatable bonds is 7. The largest absolute Gasteiger partial charge is 0.385 e. The SMILES string of the molecule is COCCCn1c(-c2ccc(S(=O)(=O)N3CCOCC3)cc2)n[nH]c1=S. The highest BCUT2D eigenvalue weighted by molar-refractivity contribution is 7.89. The molecule has 2 aromatic rings. The minimum absolute atomic E-state index is 0.267. The van der Waals surface area contributed by atoms with Gasteiger partial charge in [0.2, 0.25) is 10.0 Å². The normalized spacial score (nSPS) is 16.0. The minimum Gasteiger partial charge on any atom is -0.385 e. The molecule has 2 heterocycles. The predicted molar refractivity (Wildman–Crippen MR) is 98.9 cm³/mol. The maximum atomic E-state index is 12.7. The number of aromatic nitrogens is 3. The molecule has 1 aromatic heterocycles. The van der Waals surface area contributed by atoms with E-state index in [0.717, 1.165) is 12.0 Å². The average Bonchev–Trinajstić information content (AvgIpc) is 3.03. The van der Waals surface area contributed by atoms with Crippen molar-refractivity contribution in [1.82, 2.24) is 19.1 Å². The second-order valence-electron chi connectivity index (χ2n) is 5.89. The highest BCUT2D eigenvalue weighted by Crippen LogP contribution is 2.22. The number of sulfonamides is 1. The van der Waals surface area contributed by atoms with Crippen molar-refractivity contribution in [3.05, 3.63) is 29.0 Å². The molecule has 1 saturated heterocycles. The molecule has 142 valence electrons. The van der Waals surface area contributed by atoms with E-state index in [1.54, 1.807) is 31.4 Å². The summed E-state index contributed by atoms with van der Waals surface area (Å²) in [5.41, 5.74) is 0.802. The van der Waals surface area contributed by atoms with Gasteiger partial charge >= 0.3 is 0 Å². The van der Waals surface area contributed by atoms with Gasteiger partial charge in [-0.1, -0.05) is 0 Å². The molecule has 1 aliphatic heterocycles. The van der Waals surface area contributed by atoms with E-state index in [-0.39, 0.29) is 4.90 Å². The van der Waals surface area contributed by atoms with Crippen LogP contribution in [0, 0.1) is 4.77 Å². The lowest BCUT2D eigenvalue weighted by atomic mass is 10.2. The summed E-state index contributed by atoms with van der Waals surface area (Å²) in [7, 11) is -1.85. The summed E-state index contributed by atoms with van der Waals surface area (Å²) in [5.74, 6) is 0.682. The van der Waals surface area contributed by atoms with Crippen molar-refractivity contribution >= 4 is 22.2 Å². The fourth-order valence-electron chi connectivity index (χ4n) is 2.82. The Bertz CT molecular complexity index is 884. The Morgan fingerprint density at radius 1 is 1.27 bits per heavy atom. The molecule has 1 fully saturated rings. The van der Waals surface area contributed by atoms with Crippen LogP contribution in [0.1, 0.15) is 6.42 Å². The third kappa shape index (κ3) is 4.04. The molecule has 0 amide bonds. The fourth-order valence-corrected chi connectivity index (χ4v) is 4.46. The Kier molecular flexibility index (Phi) is 6.20. The predicted octanol–water partition coefficient (Wildman–Crippen LogP) is 1.67. The van der Waals surface area contributed by atoms with Crippen molar-refractivity contribution in [2.24, 2.45) is 0 Å². The highest BCUT2D eigenvalue weighted by Gasteiger charge is 2.26. The van der Waals surface area contributed by atoms with Crippen LogP contribution in [0.25, 0.3) is 11.4 Å². The van der Waals surface area contributed by atoms with Gasteiger partial charge in [0, 0.05) is 38.9 Å². The first-order chi connectivity index (χ1) is 12.5. The van der Waals surface area contributed by atoms with E-state index in [0.29, 0.717) is 50.1 Å². The second-order valence-corrected chi connectivity index (χ2v) is 8.22. The van der Waals surface area contributed by atoms with Gasteiger partial charge in [-0.3, -0.25) is 5.10 Å². The standard InChI is InChI=1S/C16H22N4O4S2/c1-23-10-2-7-20-15(17-18-16(20)25)13-3-5-14(6-4-13)26(21,22)19-8-11-24-12-9-19/h3-6H,2,7-12H2,1H3,(H,18,25). The van der Waals surface area contributed by atoms with Gasteiger partial charge in [-0.05, 0) is 42.9 Å². The first-order valence-electron chi connectivity index (χ1n) is 8.36. The summed E-state index contributed by atoms with van der Waals surface area (Å²) in [4.78, 5) is 0.267. The Hall–Kier alpha value is -1.59. The Morgan fingerprint density at radius 2 is 1.96 bits per heavy atom. The summed E-state index contributed by atoms with van der Waals surface area (Å²) >= 11 is 5.28. The van der Waals surface area contributed by atoms with E-state index < -0.39 is 10.0 Å². The van der Waals surface area contributed by atoms with Crippen LogP contribution in [-0.4, -0.2) is 67.5 Å². The van der Waals surface area contributed by atoms with Gasteiger partial charge in [-0.15, -0.1) is 0 Å². The van der Waals surface area contributed by atoms with Crippen LogP contribution in [-0.2, 0) is 26.0 Å². The molecule has 10 heteroatoms. The zero-order chi connectivity index (χ0) is 18.6. The lowest BCUT2D eigenvalue weighted by Crippen LogP contribution is -2.40. The van der Waals surface area contributed by atoms with Crippen molar-refractivity contribution in [1.29, 1.82) is 0 Å². The molecule has 0 spiro atoms. The van der Waals surface area contributed by atoms with Crippen molar-refractivity contribution in [2.75, 3.05) is 40.0 Å². The number of methoxy groups -OCH3 is 1. The smallest absolute Gasteiger partial charge is 0.243 e. The number of H-pyrrole nitrogens is 1. The van der Waals surface area contributed by atoms with Crippen LogP contribution in [0.15, 0.2) is 29.2 Å². The van der Waals surface area contributed by atoms with E-state index in [1.165, 1.54) is 4.31 Å². The molecule has 26 heavy (non-hydrogen) atoms. The maximum absolute atomic E-state index is 12.7. The summed E-state index contributed by atoms with van der Waals surface area (Å²) < 4.78 is 39.6. The minimum atomic E-state index is -3.50. The number of hydrogen-bond acceptors (Lipinski definition) is 6. The summed E-state index contributed by atoms with van der Waals surface area (Å²) in [6.07, 6.45) is 0.806. The molecule has 0 saturated carbocycles. The van der Waals surface area contributed by atoms with E-state index in [9.17, 15) is 8.42 Å². The van der Waals surface area contributed by atoms with Gasteiger partial charge < -0.3 is 14.0 Å². The molecule has 0 aliphatic carbocycles. The molecule has 1 aromatic carbocycles. The van der Waals surface area contributed by atoms with Crippen molar-refractivity contribution in [2.45, 2.75) is 17.9 Å². The first-order valence-corrected chi connectivity index (χ1v) is 10.2. The van der Waals surface area contributed by atoms with E-state index in [1.807, 2.05) is 4.57 Å². The Balaban J connectivity index is 1.83. The van der Waals surface area contributed by atoms with Crippen LogP contribution in [0.3, 0.4) is 0 Å². The Labute approximate surface area is 157 Å². The number of benzene rings is 1. The third-order valence-electron chi connectivity index (χ3n) is 4.21. The molecular weight excluding hydrogens is 376 g/mol. The van der Waals surface area contributed by atoms with Crippen LogP contribution in [0.2, 0.25) is 0 Å². The summed E-state index contributed by atoms with van der Waals surface area (Å²) in [5, 5.41) is 7.07. The van der Waals surface area contributed by atoms with Crippen LogP contribution >= 0.6 is 12.2 Å². The van der Waals surface area contributed by atoms with Gasteiger partial charge in [-0.2, -0.15) is 9.40 Å².